The first-order valence-electron chi connectivity index (χ1n) is 5.95. The Morgan fingerprint density at radius 2 is 2.11 bits per heavy atom. The van der Waals surface area contributed by atoms with Crippen molar-refractivity contribution < 1.29 is 9.66 Å². The lowest BCUT2D eigenvalue weighted by atomic mass is 9.83. The molecule has 18 heavy (non-hydrogen) atoms. The molecule has 0 spiro atoms. The molecule has 0 aromatic heterocycles. The number of benzene rings is 1. The first kappa shape index (κ1) is 12.8. The Kier molecular flexibility index (Phi) is 3.02. The highest BCUT2D eigenvalue weighted by Gasteiger charge is 2.34. The van der Waals surface area contributed by atoms with Crippen LogP contribution in [0, 0.1) is 10.1 Å². The van der Waals surface area contributed by atoms with Crippen LogP contribution in [0.1, 0.15) is 25.0 Å². The minimum absolute atomic E-state index is 0.0413. The van der Waals surface area contributed by atoms with Crippen molar-refractivity contribution in [1.29, 1.82) is 0 Å². The van der Waals surface area contributed by atoms with E-state index in [1.54, 1.807) is 6.07 Å². The Bertz CT molecular complexity index is 497. The maximum atomic E-state index is 11.1. The molecule has 0 aliphatic carbocycles. The number of ether oxygens (including phenoxy) is 1. The van der Waals surface area contributed by atoms with Crippen molar-refractivity contribution in [3.8, 4) is 5.75 Å². The molecule has 0 bridgehead atoms. The summed E-state index contributed by atoms with van der Waals surface area (Å²) >= 11 is 0. The number of hydrogen-bond acceptors (Lipinski definition) is 4. The van der Waals surface area contributed by atoms with Gasteiger partial charge in [0.15, 0.2) is 5.75 Å². The number of nitrogens with zero attached hydrogens (tertiary/aromatic N) is 2. The summed E-state index contributed by atoms with van der Waals surface area (Å²) in [7, 11) is 3.51. The highest BCUT2D eigenvalue weighted by atomic mass is 16.6. The Morgan fingerprint density at radius 1 is 1.44 bits per heavy atom. The van der Waals surface area contributed by atoms with Crippen LogP contribution in [0.15, 0.2) is 12.1 Å². The van der Waals surface area contributed by atoms with E-state index < -0.39 is 0 Å². The Morgan fingerprint density at radius 3 is 2.67 bits per heavy atom. The first-order valence-corrected chi connectivity index (χ1v) is 5.95. The summed E-state index contributed by atoms with van der Waals surface area (Å²) in [5, 5.41) is 11.1. The topological polar surface area (TPSA) is 55.6 Å². The van der Waals surface area contributed by atoms with Gasteiger partial charge in [0, 0.05) is 18.2 Å². The fraction of sp³-hybridized carbons (Fsp3) is 0.538. The van der Waals surface area contributed by atoms with Gasteiger partial charge in [-0.2, -0.15) is 0 Å². The molecule has 0 radical (unpaired) electrons. The molecular weight excluding hydrogens is 232 g/mol. The van der Waals surface area contributed by atoms with Crippen LogP contribution >= 0.6 is 0 Å². The van der Waals surface area contributed by atoms with E-state index in [0.717, 1.165) is 24.1 Å². The van der Waals surface area contributed by atoms with E-state index in [2.05, 4.69) is 18.7 Å². The average Bonchev–Trinajstić information content (AvgIpc) is 2.32. The van der Waals surface area contributed by atoms with Gasteiger partial charge in [0.1, 0.15) is 0 Å². The first-order chi connectivity index (χ1) is 8.37. The minimum Gasteiger partial charge on any atom is -0.490 e. The standard InChI is InChI=1S/C13H18N2O3/c1-13(2)10-8-11(15(16)17)12(18-4)7-9(10)5-6-14(13)3/h7-8H,5-6H2,1-4H3. The van der Waals surface area contributed by atoms with Crippen LogP contribution < -0.4 is 4.74 Å². The molecule has 1 aromatic rings. The second-order valence-corrected chi connectivity index (χ2v) is 5.17. The quantitative estimate of drug-likeness (QED) is 0.597. The number of likely N-dealkylation sites (N-methyl/N-ethyl adjacent to an activating group) is 1. The summed E-state index contributed by atoms with van der Waals surface area (Å²) in [6, 6.07) is 3.46. The highest BCUT2D eigenvalue weighted by Crippen LogP contribution is 2.40. The molecule has 0 N–H and O–H groups in total. The second kappa shape index (κ2) is 4.24. The number of methoxy groups -OCH3 is 1. The normalized spacial score (nSPS) is 18.2. The van der Waals surface area contributed by atoms with Gasteiger partial charge >= 0.3 is 5.69 Å². The predicted molar refractivity (Wildman–Crippen MR) is 69.0 cm³/mol. The second-order valence-electron chi connectivity index (χ2n) is 5.17. The van der Waals surface area contributed by atoms with Crippen LogP contribution in [-0.2, 0) is 12.0 Å². The highest BCUT2D eigenvalue weighted by molar-refractivity contribution is 5.54. The zero-order valence-electron chi connectivity index (χ0n) is 11.2. The van der Waals surface area contributed by atoms with Gasteiger partial charge in [0.2, 0.25) is 0 Å². The summed E-state index contributed by atoms with van der Waals surface area (Å²) in [5.74, 6) is 0.346. The van der Waals surface area contributed by atoms with Gasteiger partial charge in [-0.05, 0) is 44.5 Å². The van der Waals surface area contributed by atoms with Gasteiger partial charge in [0.25, 0.3) is 0 Å². The van der Waals surface area contributed by atoms with E-state index in [1.807, 2.05) is 13.1 Å². The van der Waals surface area contributed by atoms with Crippen molar-refractivity contribution in [2.45, 2.75) is 25.8 Å². The van der Waals surface area contributed by atoms with E-state index in [1.165, 1.54) is 7.11 Å². The monoisotopic (exact) mass is 250 g/mol. The fourth-order valence-electron chi connectivity index (χ4n) is 2.47. The molecule has 0 atom stereocenters. The summed E-state index contributed by atoms with van der Waals surface area (Å²) in [5.41, 5.74) is 2.01. The van der Waals surface area contributed by atoms with E-state index in [4.69, 9.17) is 4.74 Å². The molecule has 5 nitrogen and oxygen atoms in total. The van der Waals surface area contributed by atoms with Crippen molar-refractivity contribution in [1.82, 2.24) is 4.90 Å². The van der Waals surface area contributed by atoms with E-state index in [0.29, 0.717) is 5.75 Å². The molecule has 0 fully saturated rings. The Balaban J connectivity index is 2.63. The maximum absolute atomic E-state index is 11.1. The smallest absolute Gasteiger partial charge is 0.311 e. The molecule has 1 aliphatic heterocycles. The van der Waals surface area contributed by atoms with E-state index >= 15 is 0 Å². The third-order valence-electron chi connectivity index (χ3n) is 3.93. The number of nitro benzene ring substituents is 1. The summed E-state index contributed by atoms with van der Waals surface area (Å²) < 4.78 is 5.11. The van der Waals surface area contributed by atoms with Gasteiger partial charge in [-0.25, -0.2) is 0 Å². The largest absolute Gasteiger partial charge is 0.490 e. The molecule has 0 unspecified atom stereocenters. The van der Waals surface area contributed by atoms with Crippen LogP contribution in [0.5, 0.6) is 5.75 Å². The summed E-state index contributed by atoms with van der Waals surface area (Å²) in [4.78, 5) is 12.9. The molecule has 1 heterocycles. The van der Waals surface area contributed by atoms with Gasteiger partial charge < -0.3 is 4.74 Å². The van der Waals surface area contributed by atoms with Crippen molar-refractivity contribution in [2.24, 2.45) is 0 Å². The van der Waals surface area contributed by atoms with Gasteiger partial charge in [0.05, 0.1) is 12.0 Å². The van der Waals surface area contributed by atoms with E-state index in [9.17, 15) is 10.1 Å². The Hall–Kier alpha value is -1.62. The molecule has 0 amide bonds. The molecular formula is C13H18N2O3. The number of rotatable bonds is 2. The van der Waals surface area contributed by atoms with Crippen LogP contribution in [0.2, 0.25) is 0 Å². The van der Waals surface area contributed by atoms with Crippen LogP contribution in [0.3, 0.4) is 0 Å². The zero-order valence-corrected chi connectivity index (χ0v) is 11.2. The van der Waals surface area contributed by atoms with Crippen molar-refractivity contribution >= 4 is 5.69 Å². The molecule has 5 heteroatoms. The lowest BCUT2D eigenvalue weighted by Gasteiger charge is -2.41. The SMILES string of the molecule is COc1cc2c(cc1[N+](=O)[O-])C(C)(C)N(C)CC2. The fourth-order valence-corrected chi connectivity index (χ4v) is 2.47. The van der Waals surface area contributed by atoms with Crippen LogP contribution in [0.25, 0.3) is 0 Å². The molecule has 2 rings (SSSR count). The van der Waals surface area contributed by atoms with Crippen molar-refractivity contribution in [2.75, 3.05) is 20.7 Å². The number of hydrogen-bond donors (Lipinski definition) is 0. The van der Waals surface area contributed by atoms with E-state index in [-0.39, 0.29) is 16.1 Å². The third-order valence-corrected chi connectivity index (χ3v) is 3.93. The molecule has 98 valence electrons. The van der Waals surface area contributed by atoms with Gasteiger partial charge in [-0.15, -0.1) is 0 Å². The number of nitro groups is 1. The molecule has 0 saturated heterocycles. The minimum atomic E-state index is -0.385. The van der Waals surface area contributed by atoms with Crippen molar-refractivity contribution in [3.63, 3.8) is 0 Å². The maximum Gasteiger partial charge on any atom is 0.311 e. The molecule has 1 aliphatic rings. The molecule has 0 saturated carbocycles. The summed E-state index contributed by atoms with van der Waals surface area (Å²) in [6.45, 7) is 5.11. The zero-order chi connectivity index (χ0) is 13.5. The number of fused-ring (bicyclic) bond motifs is 1. The van der Waals surface area contributed by atoms with Gasteiger partial charge in [-0.3, -0.25) is 15.0 Å². The predicted octanol–water partition coefficient (Wildman–Crippen LogP) is 2.33. The molecule has 1 aromatic carbocycles. The third kappa shape index (κ3) is 1.84. The lowest BCUT2D eigenvalue weighted by Crippen LogP contribution is -2.44. The summed E-state index contributed by atoms with van der Waals surface area (Å²) in [6.07, 6.45) is 0.892. The van der Waals surface area contributed by atoms with Crippen molar-refractivity contribution in [3.05, 3.63) is 33.4 Å². The lowest BCUT2D eigenvalue weighted by molar-refractivity contribution is -0.385. The Labute approximate surface area is 107 Å². The van der Waals surface area contributed by atoms with Crippen LogP contribution in [-0.4, -0.2) is 30.5 Å². The van der Waals surface area contributed by atoms with Crippen LogP contribution in [0.4, 0.5) is 5.69 Å². The van der Waals surface area contributed by atoms with Gasteiger partial charge in [-0.1, -0.05) is 0 Å². The average molecular weight is 250 g/mol.